The quantitative estimate of drug-likeness (QED) is 0.303. The van der Waals surface area contributed by atoms with E-state index in [9.17, 15) is 21.6 Å². The SMILES string of the molecule is CN(C)C=NS(=O)(=O)c1cc(CN2CCC(Oc3ccc4cnccc4c3)CC2)ccc1Cl.O=C(O)C(F)(F)F. The fraction of sp³-hybridized carbons (Fsp3) is 0.346. The molecule has 0 amide bonds. The number of likely N-dealkylation sites (tertiary alicyclic amines) is 1. The molecule has 216 valence electrons. The number of fused-ring (bicyclic) bond motifs is 1. The molecule has 14 heteroatoms. The van der Waals surface area contributed by atoms with Crippen LogP contribution in [0.15, 0.2) is 64.2 Å². The molecule has 0 atom stereocenters. The third-order valence-corrected chi connectivity index (χ3v) is 7.50. The van der Waals surface area contributed by atoms with Crippen molar-refractivity contribution < 1.29 is 36.2 Å². The number of nitrogens with zero attached hydrogens (tertiary/aromatic N) is 4. The van der Waals surface area contributed by atoms with Gasteiger partial charge < -0.3 is 14.7 Å². The van der Waals surface area contributed by atoms with E-state index in [-0.39, 0.29) is 16.0 Å². The van der Waals surface area contributed by atoms with E-state index in [1.165, 1.54) is 6.34 Å². The van der Waals surface area contributed by atoms with Gasteiger partial charge in [0.2, 0.25) is 0 Å². The molecule has 0 unspecified atom stereocenters. The number of halogens is 4. The predicted molar refractivity (Wildman–Crippen MR) is 145 cm³/mol. The third-order valence-electron chi connectivity index (χ3n) is 5.79. The Labute approximate surface area is 234 Å². The molecule has 0 radical (unpaired) electrons. The topological polar surface area (TPSA) is 112 Å². The number of alkyl halides is 3. The van der Waals surface area contributed by atoms with E-state index in [1.807, 2.05) is 30.5 Å². The minimum Gasteiger partial charge on any atom is -0.490 e. The Hall–Kier alpha value is -3.42. The van der Waals surface area contributed by atoms with Gasteiger partial charge in [-0.3, -0.25) is 9.88 Å². The van der Waals surface area contributed by atoms with Crippen molar-refractivity contribution in [3.63, 3.8) is 0 Å². The van der Waals surface area contributed by atoms with E-state index in [1.54, 1.807) is 37.3 Å². The first-order valence-corrected chi connectivity index (χ1v) is 13.8. The summed E-state index contributed by atoms with van der Waals surface area (Å²) in [6.45, 7) is 2.38. The molecule has 40 heavy (non-hydrogen) atoms. The van der Waals surface area contributed by atoms with Crippen molar-refractivity contribution in [1.82, 2.24) is 14.8 Å². The van der Waals surface area contributed by atoms with E-state index in [0.29, 0.717) is 6.54 Å². The fourth-order valence-corrected chi connectivity index (χ4v) is 5.28. The summed E-state index contributed by atoms with van der Waals surface area (Å²) in [5.41, 5.74) is 0.889. The van der Waals surface area contributed by atoms with E-state index in [4.69, 9.17) is 26.2 Å². The van der Waals surface area contributed by atoms with Crippen molar-refractivity contribution in [2.75, 3.05) is 27.2 Å². The van der Waals surface area contributed by atoms with E-state index in [2.05, 4.69) is 20.3 Å². The maximum atomic E-state index is 12.6. The zero-order valence-corrected chi connectivity index (χ0v) is 23.2. The Bertz CT molecular complexity index is 1460. The van der Waals surface area contributed by atoms with Crippen molar-refractivity contribution in [1.29, 1.82) is 0 Å². The van der Waals surface area contributed by atoms with Gasteiger partial charge in [0, 0.05) is 51.5 Å². The molecule has 0 saturated carbocycles. The lowest BCUT2D eigenvalue weighted by atomic mass is 10.1. The number of carboxylic acids is 1. The largest absolute Gasteiger partial charge is 0.490 e. The third kappa shape index (κ3) is 9.07. The van der Waals surface area contributed by atoms with Gasteiger partial charge in [-0.2, -0.15) is 21.6 Å². The summed E-state index contributed by atoms with van der Waals surface area (Å²) in [6, 6.07) is 13.2. The number of benzene rings is 2. The molecule has 2 heterocycles. The van der Waals surface area contributed by atoms with Crippen molar-refractivity contribution in [3.8, 4) is 5.75 Å². The minimum atomic E-state index is -5.08. The highest BCUT2D eigenvalue weighted by atomic mass is 35.5. The van der Waals surface area contributed by atoms with Gasteiger partial charge in [-0.15, -0.1) is 4.40 Å². The second-order valence-electron chi connectivity index (χ2n) is 9.21. The Morgan fingerprint density at radius 2 is 1.85 bits per heavy atom. The number of piperidine rings is 1. The monoisotopic (exact) mass is 600 g/mol. The van der Waals surface area contributed by atoms with Gasteiger partial charge in [-0.05, 0) is 60.2 Å². The first-order valence-electron chi connectivity index (χ1n) is 12.0. The van der Waals surface area contributed by atoms with Gasteiger partial charge in [0.15, 0.2) is 0 Å². The lowest BCUT2D eigenvalue weighted by molar-refractivity contribution is -0.192. The molecular formula is C26H28ClF3N4O5S. The Balaban J connectivity index is 0.000000559. The van der Waals surface area contributed by atoms with Gasteiger partial charge in [-0.1, -0.05) is 17.7 Å². The summed E-state index contributed by atoms with van der Waals surface area (Å²) in [4.78, 5) is 16.9. The second-order valence-corrected chi connectivity index (χ2v) is 11.2. The molecule has 0 bridgehead atoms. The first-order chi connectivity index (χ1) is 18.7. The number of hydrogen-bond donors (Lipinski definition) is 1. The van der Waals surface area contributed by atoms with Crippen LogP contribution in [-0.2, 0) is 21.4 Å². The Kier molecular flexibility index (Phi) is 10.3. The molecule has 3 aromatic rings. The summed E-state index contributed by atoms with van der Waals surface area (Å²) in [6.07, 6.45) is 1.77. The van der Waals surface area contributed by atoms with Crippen LogP contribution in [-0.4, -0.2) is 80.1 Å². The highest BCUT2D eigenvalue weighted by molar-refractivity contribution is 7.90. The number of hydrogen-bond acceptors (Lipinski definition) is 6. The van der Waals surface area contributed by atoms with Crippen LogP contribution in [0, 0.1) is 0 Å². The summed E-state index contributed by atoms with van der Waals surface area (Å²) < 4.78 is 66.8. The van der Waals surface area contributed by atoms with Gasteiger partial charge in [-0.25, -0.2) is 4.79 Å². The summed E-state index contributed by atoms with van der Waals surface area (Å²) in [5.74, 6) is -1.88. The molecule has 1 aliphatic rings. The number of carboxylic acid groups (broad SMARTS) is 1. The molecule has 2 aromatic carbocycles. The number of aromatic nitrogens is 1. The first kappa shape index (κ1) is 31.1. The molecule has 0 aliphatic carbocycles. The van der Waals surface area contributed by atoms with E-state index in [0.717, 1.165) is 48.0 Å². The van der Waals surface area contributed by atoms with Crippen molar-refractivity contribution in [2.24, 2.45) is 4.40 Å². The standard InChI is InChI=1S/C24H27ClN4O3S.C2HF3O2/c1-28(2)17-27-33(30,31)24-13-18(3-6-23(24)25)16-29-11-8-21(9-12-29)32-22-5-4-20-15-26-10-7-19(20)14-22;3-2(4,5)1(6)7/h3-7,10,13-15,17,21H,8-9,11-12,16H2,1-2H3;(H,6,7). The predicted octanol–water partition coefficient (Wildman–Crippen LogP) is 4.84. The van der Waals surface area contributed by atoms with Crippen LogP contribution in [0.3, 0.4) is 0 Å². The second kappa shape index (κ2) is 13.3. The van der Waals surface area contributed by atoms with Crippen LogP contribution in [0.4, 0.5) is 13.2 Å². The number of pyridine rings is 1. The Morgan fingerprint density at radius 3 is 2.48 bits per heavy atom. The maximum absolute atomic E-state index is 12.6. The maximum Gasteiger partial charge on any atom is 0.490 e. The van der Waals surface area contributed by atoms with E-state index >= 15 is 0 Å². The number of ether oxygens (including phenoxy) is 1. The zero-order chi connectivity index (χ0) is 29.5. The number of sulfonamides is 1. The van der Waals surface area contributed by atoms with Crippen LogP contribution in [0.5, 0.6) is 5.75 Å². The molecule has 9 nitrogen and oxygen atoms in total. The van der Waals surface area contributed by atoms with Crippen LogP contribution >= 0.6 is 11.6 Å². The molecule has 4 rings (SSSR count). The van der Waals surface area contributed by atoms with Crippen LogP contribution in [0.25, 0.3) is 10.8 Å². The molecule has 1 aromatic heterocycles. The van der Waals surface area contributed by atoms with Gasteiger partial charge in [0.25, 0.3) is 10.0 Å². The molecule has 1 N–H and O–H groups in total. The van der Waals surface area contributed by atoms with Gasteiger partial charge in [0.05, 0.1) is 5.02 Å². The fourth-order valence-electron chi connectivity index (χ4n) is 3.83. The average Bonchev–Trinajstić information content (AvgIpc) is 2.89. The smallest absolute Gasteiger partial charge is 0.490 e. The van der Waals surface area contributed by atoms with Crippen LogP contribution in [0.2, 0.25) is 5.02 Å². The van der Waals surface area contributed by atoms with Crippen LogP contribution < -0.4 is 4.74 Å². The summed E-state index contributed by atoms with van der Waals surface area (Å²) in [7, 11) is -0.435. The average molecular weight is 601 g/mol. The Morgan fingerprint density at radius 1 is 1.18 bits per heavy atom. The molecule has 1 saturated heterocycles. The number of carbonyl (C=O) groups is 1. The minimum absolute atomic E-state index is 0.0319. The lowest BCUT2D eigenvalue weighted by Gasteiger charge is -2.32. The summed E-state index contributed by atoms with van der Waals surface area (Å²) in [5, 5.41) is 9.51. The van der Waals surface area contributed by atoms with Crippen molar-refractivity contribution >= 4 is 44.7 Å². The highest BCUT2D eigenvalue weighted by Gasteiger charge is 2.38. The van der Waals surface area contributed by atoms with Crippen molar-refractivity contribution in [2.45, 2.75) is 36.6 Å². The highest BCUT2D eigenvalue weighted by Crippen LogP contribution is 2.27. The van der Waals surface area contributed by atoms with Gasteiger partial charge in [0.1, 0.15) is 23.1 Å². The zero-order valence-electron chi connectivity index (χ0n) is 21.7. The molecule has 1 aliphatic heterocycles. The van der Waals surface area contributed by atoms with E-state index < -0.39 is 22.2 Å². The number of aliphatic carboxylic acids is 1. The van der Waals surface area contributed by atoms with Gasteiger partial charge >= 0.3 is 12.1 Å². The van der Waals surface area contributed by atoms with Crippen LogP contribution in [0.1, 0.15) is 18.4 Å². The molecule has 0 spiro atoms. The summed E-state index contributed by atoms with van der Waals surface area (Å²) >= 11 is 6.17. The molecular weight excluding hydrogens is 573 g/mol. The molecule has 1 fully saturated rings. The normalized spacial score (nSPS) is 15.1. The number of rotatable bonds is 7. The van der Waals surface area contributed by atoms with Crippen molar-refractivity contribution in [3.05, 3.63) is 65.4 Å². The lowest BCUT2D eigenvalue weighted by Crippen LogP contribution is -2.37.